The van der Waals surface area contributed by atoms with E-state index in [0.29, 0.717) is 28.2 Å². The van der Waals surface area contributed by atoms with Crippen molar-refractivity contribution in [3.63, 3.8) is 0 Å². The highest BCUT2D eigenvalue weighted by molar-refractivity contribution is 7.90. The van der Waals surface area contributed by atoms with Gasteiger partial charge in [0, 0.05) is 30.9 Å². The smallest absolute Gasteiger partial charge is 0.301 e. The van der Waals surface area contributed by atoms with E-state index in [1.165, 1.54) is 14.1 Å². The van der Waals surface area contributed by atoms with Crippen LogP contribution in [-0.4, -0.2) is 37.7 Å². The van der Waals surface area contributed by atoms with Gasteiger partial charge in [-0.1, -0.05) is 29.4 Å². The summed E-state index contributed by atoms with van der Waals surface area (Å²) in [6.07, 6.45) is 0. The molecule has 0 atom stereocenters. The summed E-state index contributed by atoms with van der Waals surface area (Å²) >= 11 is 0. The van der Waals surface area contributed by atoms with Crippen LogP contribution in [0.25, 0.3) is 0 Å². The lowest BCUT2D eigenvalue weighted by Gasteiger charge is -2.14. The molecule has 2 aromatic rings. The monoisotopic (exact) mass is 334 g/mol. The van der Waals surface area contributed by atoms with Gasteiger partial charge in [0.2, 0.25) is 0 Å². The molecule has 0 spiro atoms. The summed E-state index contributed by atoms with van der Waals surface area (Å²) in [7, 11) is -0.751. The number of nitrogens with two attached hydrogens (primary N) is 1. The average Bonchev–Trinajstić information content (AvgIpc) is 2.48. The fourth-order valence-corrected chi connectivity index (χ4v) is 2.55. The zero-order valence-corrected chi connectivity index (χ0v) is 13.6. The number of rotatable bonds is 5. The van der Waals surface area contributed by atoms with Crippen LogP contribution in [0, 0.1) is 0 Å². The molecular formula is C15H18N4O3S. The van der Waals surface area contributed by atoms with Crippen LogP contribution < -0.4 is 10.5 Å². The minimum Gasteiger partial charge on any atom is -0.410 e. The molecule has 4 N–H and O–H groups in total. The molecule has 0 aliphatic carbocycles. The first-order valence-corrected chi connectivity index (χ1v) is 8.16. The van der Waals surface area contributed by atoms with Gasteiger partial charge < -0.3 is 10.9 Å². The lowest BCUT2D eigenvalue weighted by molar-refractivity contribution is 0.319. The Balaban J connectivity index is 2.39. The third-order valence-electron chi connectivity index (χ3n) is 3.12. The van der Waals surface area contributed by atoms with Gasteiger partial charge in [-0.2, -0.15) is 12.7 Å². The summed E-state index contributed by atoms with van der Waals surface area (Å²) < 4.78 is 27.3. The van der Waals surface area contributed by atoms with Crippen molar-refractivity contribution in [1.82, 2.24) is 4.31 Å². The van der Waals surface area contributed by atoms with Crippen LogP contribution in [0.15, 0.2) is 53.7 Å². The maximum atomic E-state index is 11.9. The number of oxime groups is 1. The SMILES string of the molecule is CN(C)S(=O)(=O)Nc1cccc(C(=NO)c2cccc(N)c2)c1. The highest BCUT2D eigenvalue weighted by Crippen LogP contribution is 2.18. The summed E-state index contributed by atoms with van der Waals surface area (Å²) in [5, 5.41) is 12.7. The second-order valence-corrected chi connectivity index (χ2v) is 6.93. The van der Waals surface area contributed by atoms with Gasteiger partial charge in [0.05, 0.1) is 5.69 Å². The molecule has 0 aromatic heterocycles. The van der Waals surface area contributed by atoms with Gasteiger partial charge in [0.15, 0.2) is 0 Å². The van der Waals surface area contributed by atoms with E-state index in [9.17, 15) is 13.6 Å². The van der Waals surface area contributed by atoms with Crippen LogP contribution in [0.4, 0.5) is 11.4 Å². The molecule has 0 saturated heterocycles. The number of hydrogen-bond acceptors (Lipinski definition) is 5. The molecular weight excluding hydrogens is 316 g/mol. The van der Waals surface area contributed by atoms with Crippen molar-refractivity contribution < 1.29 is 13.6 Å². The number of anilines is 2. The molecule has 122 valence electrons. The van der Waals surface area contributed by atoms with Crippen molar-refractivity contribution >= 4 is 27.3 Å². The predicted octanol–water partition coefficient (Wildman–Crippen LogP) is 1.71. The Kier molecular flexibility index (Phi) is 4.87. The van der Waals surface area contributed by atoms with Gasteiger partial charge in [-0.15, -0.1) is 0 Å². The van der Waals surface area contributed by atoms with Gasteiger partial charge in [0.1, 0.15) is 5.71 Å². The summed E-state index contributed by atoms with van der Waals surface area (Å²) in [4.78, 5) is 0. The third kappa shape index (κ3) is 3.99. The summed E-state index contributed by atoms with van der Waals surface area (Å²) in [6, 6.07) is 13.5. The van der Waals surface area contributed by atoms with Gasteiger partial charge >= 0.3 is 10.2 Å². The van der Waals surface area contributed by atoms with E-state index in [4.69, 9.17) is 5.73 Å². The van der Waals surface area contributed by atoms with Gasteiger partial charge in [-0.25, -0.2) is 0 Å². The Morgan fingerprint density at radius 3 is 2.30 bits per heavy atom. The van der Waals surface area contributed by atoms with Crippen molar-refractivity contribution in [3.05, 3.63) is 59.7 Å². The lowest BCUT2D eigenvalue weighted by atomic mass is 10.0. The molecule has 0 unspecified atom stereocenters. The lowest BCUT2D eigenvalue weighted by Crippen LogP contribution is -2.29. The first-order chi connectivity index (χ1) is 10.8. The second-order valence-electron chi connectivity index (χ2n) is 5.04. The minimum atomic E-state index is -3.61. The highest BCUT2D eigenvalue weighted by atomic mass is 32.2. The minimum absolute atomic E-state index is 0.295. The summed E-state index contributed by atoms with van der Waals surface area (Å²) in [6.45, 7) is 0. The molecule has 0 heterocycles. The Morgan fingerprint density at radius 2 is 1.74 bits per heavy atom. The number of nitrogen functional groups attached to an aromatic ring is 1. The summed E-state index contributed by atoms with van der Waals surface area (Å²) in [5.41, 5.74) is 8.11. The molecule has 0 fully saturated rings. The second kappa shape index (κ2) is 6.67. The molecule has 0 aliphatic heterocycles. The zero-order valence-electron chi connectivity index (χ0n) is 12.8. The quantitative estimate of drug-likeness (QED) is 0.335. The fraction of sp³-hybridized carbons (Fsp3) is 0.133. The number of nitrogens with one attached hydrogen (secondary N) is 1. The molecule has 0 bridgehead atoms. The van der Waals surface area contributed by atoms with Crippen LogP contribution in [-0.2, 0) is 10.2 Å². The van der Waals surface area contributed by atoms with Crippen LogP contribution in [0.1, 0.15) is 11.1 Å². The molecule has 7 nitrogen and oxygen atoms in total. The topological polar surface area (TPSA) is 108 Å². The van der Waals surface area contributed by atoms with E-state index in [1.807, 2.05) is 0 Å². The molecule has 2 aromatic carbocycles. The van der Waals surface area contributed by atoms with E-state index in [2.05, 4.69) is 9.88 Å². The Hall–Kier alpha value is -2.58. The van der Waals surface area contributed by atoms with E-state index < -0.39 is 10.2 Å². The molecule has 0 radical (unpaired) electrons. The van der Waals surface area contributed by atoms with Crippen molar-refractivity contribution in [2.24, 2.45) is 5.16 Å². The van der Waals surface area contributed by atoms with E-state index in [1.54, 1.807) is 48.5 Å². The van der Waals surface area contributed by atoms with Gasteiger partial charge in [-0.3, -0.25) is 4.72 Å². The standard InChI is InChI=1S/C15H18N4O3S/c1-19(2)23(21,22)18-14-8-4-6-12(10-14)15(17-20)11-5-3-7-13(16)9-11/h3-10,18,20H,16H2,1-2H3. The van der Waals surface area contributed by atoms with Crippen molar-refractivity contribution in [2.75, 3.05) is 24.6 Å². The molecule has 8 heteroatoms. The molecule has 23 heavy (non-hydrogen) atoms. The normalized spacial score (nSPS) is 12.4. The van der Waals surface area contributed by atoms with Crippen LogP contribution in [0.3, 0.4) is 0 Å². The van der Waals surface area contributed by atoms with Gasteiger partial charge in [-0.05, 0) is 24.3 Å². The maximum Gasteiger partial charge on any atom is 0.301 e. The summed E-state index contributed by atoms with van der Waals surface area (Å²) in [5.74, 6) is 0. The molecule has 2 rings (SSSR count). The van der Waals surface area contributed by atoms with Crippen molar-refractivity contribution in [2.45, 2.75) is 0 Å². The van der Waals surface area contributed by atoms with Gasteiger partial charge in [0.25, 0.3) is 0 Å². The van der Waals surface area contributed by atoms with Crippen LogP contribution >= 0.6 is 0 Å². The number of hydrogen-bond donors (Lipinski definition) is 3. The predicted molar refractivity (Wildman–Crippen MR) is 91.0 cm³/mol. The van der Waals surface area contributed by atoms with E-state index in [-0.39, 0.29) is 0 Å². The molecule has 0 aliphatic rings. The van der Waals surface area contributed by atoms with E-state index in [0.717, 1.165) is 4.31 Å². The Labute approximate surface area is 135 Å². The number of nitrogens with zero attached hydrogens (tertiary/aromatic N) is 2. The third-order valence-corrected chi connectivity index (χ3v) is 4.58. The Bertz CT molecular complexity index is 832. The Morgan fingerprint density at radius 1 is 1.13 bits per heavy atom. The van der Waals surface area contributed by atoms with Crippen LogP contribution in [0.5, 0.6) is 0 Å². The largest absolute Gasteiger partial charge is 0.410 e. The van der Waals surface area contributed by atoms with Crippen LogP contribution in [0.2, 0.25) is 0 Å². The molecule has 0 saturated carbocycles. The fourth-order valence-electron chi connectivity index (χ4n) is 1.94. The van der Waals surface area contributed by atoms with Crippen molar-refractivity contribution in [3.8, 4) is 0 Å². The first kappa shape index (κ1) is 16.8. The first-order valence-electron chi connectivity index (χ1n) is 6.72. The highest BCUT2D eigenvalue weighted by Gasteiger charge is 2.14. The average molecular weight is 334 g/mol. The number of benzene rings is 2. The maximum absolute atomic E-state index is 11.9. The molecule has 0 amide bonds. The van der Waals surface area contributed by atoms with Crippen molar-refractivity contribution in [1.29, 1.82) is 0 Å². The van der Waals surface area contributed by atoms with E-state index >= 15 is 0 Å². The zero-order chi connectivity index (χ0) is 17.0.